The number of ether oxygens (including phenoxy) is 1. The third kappa shape index (κ3) is 5.71. The molecular weight excluding hydrogens is 228 g/mol. The molecule has 0 unspecified atom stereocenters. The van der Waals surface area contributed by atoms with Gasteiger partial charge in [-0.15, -0.1) is 0 Å². The van der Waals surface area contributed by atoms with E-state index in [9.17, 15) is 4.79 Å². The van der Waals surface area contributed by atoms with E-state index in [0.29, 0.717) is 0 Å². The van der Waals surface area contributed by atoms with Crippen LogP contribution in [0.3, 0.4) is 0 Å². The van der Waals surface area contributed by atoms with Gasteiger partial charge in [0.25, 0.3) is 0 Å². The Hall–Kier alpha value is -0.770. The highest BCUT2D eigenvalue weighted by Crippen LogP contribution is 2.21. The summed E-state index contributed by atoms with van der Waals surface area (Å²) < 4.78 is 5.39. The molecule has 18 heavy (non-hydrogen) atoms. The smallest absolute Gasteiger partial charge is 0.410 e. The molecule has 0 aliphatic carbocycles. The Morgan fingerprint density at radius 1 is 1.33 bits per heavy atom. The van der Waals surface area contributed by atoms with Crippen LogP contribution in [-0.4, -0.2) is 42.8 Å². The van der Waals surface area contributed by atoms with Crippen LogP contribution in [-0.2, 0) is 4.74 Å². The molecule has 0 aromatic heterocycles. The monoisotopic (exact) mass is 256 g/mol. The fourth-order valence-corrected chi connectivity index (χ4v) is 2.21. The van der Waals surface area contributed by atoms with E-state index in [1.165, 1.54) is 6.42 Å². The summed E-state index contributed by atoms with van der Waals surface area (Å²) in [5.41, 5.74) is -0.390. The Morgan fingerprint density at radius 2 is 1.94 bits per heavy atom. The summed E-state index contributed by atoms with van der Waals surface area (Å²) in [6, 6.07) is 0. The van der Waals surface area contributed by atoms with E-state index in [1.54, 1.807) is 0 Å². The first-order chi connectivity index (χ1) is 8.42. The van der Waals surface area contributed by atoms with Crippen LogP contribution in [0.5, 0.6) is 0 Å². The van der Waals surface area contributed by atoms with Gasteiger partial charge in [0, 0.05) is 13.1 Å². The highest BCUT2D eigenvalue weighted by atomic mass is 16.6. The van der Waals surface area contributed by atoms with Crippen LogP contribution >= 0.6 is 0 Å². The van der Waals surface area contributed by atoms with Crippen LogP contribution in [0.15, 0.2) is 0 Å². The molecule has 1 heterocycles. The van der Waals surface area contributed by atoms with Gasteiger partial charge in [0.1, 0.15) is 5.60 Å². The van der Waals surface area contributed by atoms with E-state index in [1.807, 2.05) is 25.7 Å². The molecule has 0 spiro atoms. The lowest BCUT2D eigenvalue weighted by atomic mass is 9.94. The van der Waals surface area contributed by atoms with Gasteiger partial charge >= 0.3 is 6.09 Å². The van der Waals surface area contributed by atoms with Crippen LogP contribution in [0.1, 0.15) is 47.0 Å². The maximum Gasteiger partial charge on any atom is 0.410 e. The maximum atomic E-state index is 11.9. The van der Waals surface area contributed by atoms with Crippen LogP contribution in [0.2, 0.25) is 0 Å². The van der Waals surface area contributed by atoms with Gasteiger partial charge in [0.15, 0.2) is 0 Å². The molecule has 0 radical (unpaired) electrons. The molecule has 1 amide bonds. The Balaban J connectivity index is 2.24. The van der Waals surface area contributed by atoms with Crippen LogP contribution in [0, 0.1) is 5.92 Å². The zero-order valence-electron chi connectivity index (χ0n) is 12.3. The topological polar surface area (TPSA) is 41.6 Å². The molecule has 1 saturated heterocycles. The van der Waals surface area contributed by atoms with Gasteiger partial charge in [-0.05, 0) is 59.0 Å². The van der Waals surface area contributed by atoms with Gasteiger partial charge in [0.05, 0.1) is 0 Å². The highest BCUT2D eigenvalue weighted by Gasteiger charge is 2.26. The molecular formula is C14H28N2O2. The Labute approximate surface area is 111 Å². The quantitative estimate of drug-likeness (QED) is 0.786. The summed E-state index contributed by atoms with van der Waals surface area (Å²) >= 11 is 0. The lowest BCUT2D eigenvalue weighted by Crippen LogP contribution is -2.42. The summed E-state index contributed by atoms with van der Waals surface area (Å²) in [7, 11) is 0. The number of hydrogen-bond acceptors (Lipinski definition) is 3. The predicted molar refractivity (Wildman–Crippen MR) is 73.7 cm³/mol. The first-order valence-electron chi connectivity index (χ1n) is 7.11. The Kier molecular flexibility index (Phi) is 5.93. The van der Waals surface area contributed by atoms with Gasteiger partial charge in [0.2, 0.25) is 0 Å². The van der Waals surface area contributed by atoms with Crippen molar-refractivity contribution in [2.24, 2.45) is 5.92 Å². The van der Waals surface area contributed by atoms with Gasteiger partial charge in [-0.2, -0.15) is 0 Å². The molecule has 1 aliphatic heterocycles. The third-order valence-electron chi connectivity index (χ3n) is 3.25. The van der Waals surface area contributed by atoms with Crippen molar-refractivity contribution in [1.29, 1.82) is 0 Å². The number of piperidine rings is 1. The molecule has 4 heteroatoms. The van der Waals surface area contributed by atoms with Crippen molar-refractivity contribution in [3.63, 3.8) is 0 Å². The fourth-order valence-electron chi connectivity index (χ4n) is 2.21. The maximum absolute atomic E-state index is 11.9. The molecule has 4 nitrogen and oxygen atoms in total. The number of nitrogens with zero attached hydrogens (tertiary/aromatic N) is 1. The van der Waals surface area contributed by atoms with E-state index >= 15 is 0 Å². The van der Waals surface area contributed by atoms with E-state index in [-0.39, 0.29) is 11.7 Å². The second kappa shape index (κ2) is 6.98. The van der Waals surface area contributed by atoms with Crippen LogP contribution in [0.25, 0.3) is 0 Å². The lowest BCUT2D eigenvalue weighted by Gasteiger charge is -2.33. The summed E-state index contributed by atoms with van der Waals surface area (Å²) in [4.78, 5) is 13.7. The molecule has 0 aromatic rings. The molecule has 0 bridgehead atoms. The van der Waals surface area contributed by atoms with Crippen molar-refractivity contribution in [3.05, 3.63) is 0 Å². The van der Waals surface area contributed by atoms with Gasteiger partial charge in [-0.1, -0.05) is 6.92 Å². The van der Waals surface area contributed by atoms with E-state index < -0.39 is 0 Å². The van der Waals surface area contributed by atoms with E-state index in [2.05, 4.69) is 12.2 Å². The first-order valence-corrected chi connectivity index (χ1v) is 7.11. The average Bonchev–Trinajstić information content (AvgIpc) is 2.28. The van der Waals surface area contributed by atoms with E-state index in [4.69, 9.17) is 4.74 Å². The minimum Gasteiger partial charge on any atom is -0.444 e. The molecule has 0 saturated carbocycles. The second-order valence-electron chi connectivity index (χ2n) is 6.05. The van der Waals surface area contributed by atoms with Gasteiger partial charge in [-0.25, -0.2) is 4.79 Å². The summed E-state index contributed by atoms with van der Waals surface area (Å²) in [6.45, 7) is 11.7. The zero-order valence-corrected chi connectivity index (χ0v) is 12.3. The zero-order chi connectivity index (χ0) is 13.6. The van der Waals surface area contributed by atoms with Crippen molar-refractivity contribution in [1.82, 2.24) is 10.2 Å². The SMILES string of the molecule is CCNCCC1CCN(C(=O)OC(C)(C)C)CC1. The third-order valence-corrected chi connectivity index (χ3v) is 3.25. The first kappa shape index (κ1) is 15.3. The van der Waals surface area contributed by atoms with E-state index in [0.717, 1.165) is 44.9 Å². The van der Waals surface area contributed by atoms with Crippen molar-refractivity contribution in [2.45, 2.75) is 52.6 Å². The van der Waals surface area contributed by atoms with Crippen molar-refractivity contribution in [3.8, 4) is 0 Å². The molecule has 1 rings (SSSR count). The summed E-state index contributed by atoms with van der Waals surface area (Å²) in [6.07, 6.45) is 3.26. The number of rotatable bonds is 4. The van der Waals surface area contributed by atoms with Crippen LogP contribution < -0.4 is 5.32 Å². The number of amides is 1. The standard InChI is InChI=1S/C14H28N2O2/c1-5-15-9-6-12-7-10-16(11-8-12)13(17)18-14(2,3)4/h12,15H,5-11H2,1-4H3. The average molecular weight is 256 g/mol. The largest absolute Gasteiger partial charge is 0.444 e. The van der Waals surface area contributed by atoms with Crippen LogP contribution in [0.4, 0.5) is 4.79 Å². The summed E-state index contributed by atoms with van der Waals surface area (Å²) in [5, 5.41) is 3.36. The number of nitrogens with one attached hydrogen (secondary N) is 1. The minimum absolute atomic E-state index is 0.160. The predicted octanol–water partition coefficient (Wildman–Crippen LogP) is 2.63. The van der Waals surface area contributed by atoms with Gasteiger partial charge in [-0.3, -0.25) is 0 Å². The minimum atomic E-state index is -0.390. The normalized spacial score (nSPS) is 17.9. The number of carbonyl (C=O) groups is 1. The van der Waals surface area contributed by atoms with Gasteiger partial charge < -0.3 is 15.0 Å². The molecule has 106 valence electrons. The molecule has 0 atom stereocenters. The molecule has 1 N–H and O–H groups in total. The lowest BCUT2D eigenvalue weighted by molar-refractivity contribution is 0.0181. The number of likely N-dealkylation sites (tertiary alicyclic amines) is 1. The fraction of sp³-hybridized carbons (Fsp3) is 0.929. The molecule has 1 aliphatic rings. The number of carbonyl (C=O) groups excluding carboxylic acids is 1. The Bertz CT molecular complexity index is 253. The highest BCUT2D eigenvalue weighted by molar-refractivity contribution is 5.68. The van der Waals surface area contributed by atoms with Crippen molar-refractivity contribution in [2.75, 3.05) is 26.2 Å². The van der Waals surface area contributed by atoms with Crippen molar-refractivity contribution < 1.29 is 9.53 Å². The Morgan fingerprint density at radius 3 is 2.44 bits per heavy atom. The summed E-state index contributed by atoms with van der Waals surface area (Å²) in [5.74, 6) is 0.753. The second-order valence-corrected chi connectivity index (χ2v) is 6.05. The number of hydrogen-bond donors (Lipinski definition) is 1. The molecule has 1 fully saturated rings. The van der Waals surface area contributed by atoms with Crippen molar-refractivity contribution >= 4 is 6.09 Å². The molecule has 0 aromatic carbocycles.